The van der Waals surface area contributed by atoms with Gasteiger partial charge in [0.05, 0.1) is 12.0 Å². The average molecular weight is 457 g/mol. The van der Waals surface area contributed by atoms with Gasteiger partial charge in [-0.3, -0.25) is 0 Å². The van der Waals surface area contributed by atoms with Crippen LogP contribution in [0.1, 0.15) is 89.5 Å². The molecule has 31 heavy (non-hydrogen) atoms. The summed E-state index contributed by atoms with van der Waals surface area (Å²) in [7, 11) is -2.87. The minimum Gasteiger partial charge on any atom is -0.744 e. The maximum atomic E-state index is 11.4. The Bertz CT molecular complexity index is 880. The van der Waals surface area contributed by atoms with Gasteiger partial charge in [0.15, 0.2) is 0 Å². The number of unbranched alkanes of at least 4 members (excludes halogenated alkanes) is 11. The fourth-order valence-corrected chi connectivity index (χ4v) is 4.56. The van der Waals surface area contributed by atoms with Crippen molar-refractivity contribution in [3.63, 3.8) is 0 Å². The van der Waals surface area contributed by atoms with Crippen molar-refractivity contribution in [2.24, 2.45) is 0 Å². The molecule has 0 bridgehead atoms. The second-order valence-corrected chi connectivity index (χ2v) is 9.61. The van der Waals surface area contributed by atoms with E-state index in [-0.39, 0.29) is 34.5 Å². The molecule has 0 aromatic heterocycles. The minimum absolute atomic E-state index is 0. The standard InChI is InChI=1S/C25H38O4S.Na/c1-3-4-5-6-7-8-9-10-11-12-13-14-15-21-16-19-25(29-2)23-18-17-22(20-24(21)23)30(26,27)28;/h16-20H,3-15H2,1-2H3,(H,26,27,28);/q;+1/p-1. The van der Waals surface area contributed by atoms with Crippen LogP contribution in [0.5, 0.6) is 5.75 Å². The summed E-state index contributed by atoms with van der Waals surface area (Å²) in [4.78, 5) is -0.181. The molecule has 0 amide bonds. The molecule has 0 radical (unpaired) electrons. The second kappa shape index (κ2) is 15.3. The van der Waals surface area contributed by atoms with E-state index in [1.807, 2.05) is 12.1 Å². The molecule has 0 heterocycles. The zero-order chi connectivity index (χ0) is 21.8. The molecule has 0 saturated heterocycles. The van der Waals surface area contributed by atoms with Crippen molar-refractivity contribution in [1.82, 2.24) is 0 Å². The molecule has 0 saturated carbocycles. The summed E-state index contributed by atoms with van der Waals surface area (Å²) in [5, 5.41) is 1.65. The van der Waals surface area contributed by atoms with Crippen LogP contribution in [0.3, 0.4) is 0 Å². The Morgan fingerprint density at radius 3 is 1.84 bits per heavy atom. The third-order valence-corrected chi connectivity index (χ3v) is 6.68. The molecule has 2 aromatic rings. The van der Waals surface area contributed by atoms with Crippen molar-refractivity contribution in [1.29, 1.82) is 0 Å². The molecule has 0 aliphatic rings. The van der Waals surface area contributed by atoms with Crippen LogP contribution < -0.4 is 34.3 Å². The van der Waals surface area contributed by atoms with Gasteiger partial charge in [0, 0.05) is 5.39 Å². The maximum Gasteiger partial charge on any atom is 1.00 e. The monoisotopic (exact) mass is 456 g/mol. The van der Waals surface area contributed by atoms with Crippen molar-refractivity contribution in [2.75, 3.05) is 7.11 Å². The Morgan fingerprint density at radius 1 is 0.774 bits per heavy atom. The zero-order valence-corrected chi connectivity index (χ0v) is 22.4. The molecule has 4 nitrogen and oxygen atoms in total. The van der Waals surface area contributed by atoms with Crippen molar-refractivity contribution in [2.45, 2.75) is 95.3 Å². The predicted octanol–water partition coefficient (Wildman–Crippen LogP) is 4.00. The van der Waals surface area contributed by atoms with Gasteiger partial charge >= 0.3 is 29.6 Å². The van der Waals surface area contributed by atoms with Gasteiger partial charge in [-0.15, -0.1) is 0 Å². The summed E-state index contributed by atoms with van der Waals surface area (Å²) in [6.45, 7) is 2.26. The molecule has 0 N–H and O–H groups in total. The van der Waals surface area contributed by atoms with Gasteiger partial charge in [0.2, 0.25) is 0 Å². The molecule has 2 rings (SSSR count). The Balaban J connectivity index is 0.00000480. The number of aryl methyl sites for hydroxylation is 1. The maximum absolute atomic E-state index is 11.4. The summed E-state index contributed by atoms with van der Waals surface area (Å²) in [6, 6.07) is 8.44. The fraction of sp³-hybridized carbons (Fsp3) is 0.600. The average Bonchev–Trinajstić information content (AvgIpc) is 2.73. The molecule has 168 valence electrons. The van der Waals surface area contributed by atoms with E-state index in [9.17, 15) is 13.0 Å². The van der Waals surface area contributed by atoms with E-state index in [1.54, 1.807) is 13.2 Å². The van der Waals surface area contributed by atoms with E-state index >= 15 is 0 Å². The number of benzene rings is 2. The smallest absolute Gasteiger partial charge is 0.744 e. The van der Waals surface area contributed by atoms with Crippen molar-refractivity contribution < 1.29 is 47.3 Å². The number of fused-ring (bicyclic) bond motifs is 1. The molecule has 0 atom stereocenters. The summed E-state index contributed by atoms with van der Waals surface area (Å²) in [5.74, 6) is 0.693. The minimum atomic E-state index is -4.47. The van der Waals surface area contributed by atoms with E-state index in [4.69, 9.17) is 4.74 Å². The van der Waals surface area contributed by atoms with Crippen molar-refractivity contribution >= 4 is 20.9 Å². The summed E-state index contributed by atoms with van der Waals surface area (Å²) >= 11 is 0. The van der Waals surface area contributed by atoms with Crippen LogP contribution in [0.25, 0.3) is 10.8 Å². The quantitative estimate of drug-likeness (QED) is 0.231. The molecule has 0 fully saturated rings. The van der Waals surface area contributed by atoms with Crippen molar-refractivity contribution in [3.8, 4) is 5.75 Å². The Kier molecular flexibility index (Phi) is 14.0. The van der Waals surface area contributed by atoms with Crippen LogP contribution in [0.15, 0.2) is 35.2 Å². The van der Waals surface area contributed by atoms with Gasteiger partial charge < -0.3 is 9.29 Å². The van der Waals surface area contributed by atoms with E-state index in [1.165, 1.54) is 82.8 Å². The van der Waals surface area contributed by atoms with Gasteiger partial charge in [0.1, 0.15) is 15.9 Å². The van der Waals surface area contributed by atoms with E-state index < -0.39 is 10.1 Å². The molecule has 0 aliphatic carbocycles. The van der Waals surface area contributed by atoms with E-state index in [0.29, 0.717) is 5.75 Å². The Labute approximate surface area is 211 Å². The van der Waals surface area contributed by atoms with Crippen molar-refractivity contribution in [3.05, 3.63) is 35.9 Å². The zero-order valence-electron chi connectivity index (χ0n) is 19.6. The third-order valence-electron chi connectivity index (χ3n) is 5.85. The van der Waals surface area contributed by atoms with Gasteiger partial charge in [-0.05, 0) is 48.1 Å². The van der Waals surface area contributed by atoms with Crippen LogP contribution in [-0.2, 0) is 16.5 Å². The number of rotatable bonds is 15. The number of hydrogen-bond donors (Lipinski definition) is 0. The Hall–Kier alpha value is -0.590. The van der Waals surface area contributed by atoms with Crippen LogP contribution >= 0.6 is 0 Å². The molecule has 2 aromatic carbocycles. The van der Waals surface area contributed by atoms with Gasteiger partial charge in [-0.1, -0.05) is 83.6 Å². The first kappa shape index (κ1) is 28.4. The molecule has 0 aliphatic heterocycles. The first-order valence-electron chi connectivity index (χ1n) is 11.5. The van der Waals surface area contributed by atoms with E-state index in [2.05, 4.69) is 6.92 Å². The molecular formula is C25H37NaO4S. The molecule has 0 spiro atoms. The van der Waals surface area contributed by atoms with Gasteiger partial charge in [-0.2, -0.15) is 0 Å². The normalized spacial score (nSPS) is 11.5. The van der Waals surface area contributed by atoms with Crippen LogP contribution in [0, 0.1) is 0 Å². The first-order chi connectivity index (χ1) is 14.5. The third kappa shape index (κ3) is 9.83. The summed E-state index contributed by atoms with van der Waals surface area (Å²) < 4.78 is 39.7. The van der Waals surface area contributed by atoms with Gasteiger partial charge in [-0.25, -0.2) is 8.42 Å². The van der Waals surface area contributed by atoms with E-state index in [0.717, 1.165) is 29.2 Å². The summed E-state index contributed by atoms with van der Waals surface area (Å²) in [6.07, 6.45) is 16.5. The second-order valence-electron chi connectivity index (χ2n) is 8.23. The SMILES string of the molecule is CCCCCCCCCCCCCCc1ccc(OC)c2ccc(S(=O)(=O)[O-])cc12.[Na+]. The number of methoxy groups -OCH3 is 1. The number of hydrogen-bond acceptors (Lipinski definition) is 4. The largest absolute Gasteiger partial charge is 1.00 e. The summed E-state index contributed by atoms with van der Waals surface area (Å²) in [5.41, 5.74) is 1.07. The molecular weight excluding hydrogens is 419 g/mol. The number of ether oxygens (including phenoxy) is 1. The molecule has 6 heteroatoms. The first-order valence-corrected chi connectivity index (χ1v) is 12.9. The molecule has 0 unspecified atom stereocenters. The predicted molar refractivity (Wildman–Crippen MR) is 123 cm³/mol. The topological polar surface area (TPSA) is 66.4 Å². The fourth-order valence-electron chi connectivity index (χ4n) is 4.07. The van der Waals surface area contributed by atoms with Crippen LogP contribution in [-0.4, -0.2) is 20.1 Å². The van der Waals surface area contributed by atoms with Crippen LogP contribution in [0.2, 0.25) is 0 Å². The van der Waals surface area contributed by atoms with Gasteiger partial charge in [0.25, 0.3) is 0 Å². The van der Waals surface area contributed by atoms with Crippen LogP contribution in [0.4, 0.5) is 0 Å². The Morgan fingerprint density at radius 2 is 1.32 bits per heavy atom.